The first-order valence-corrected chi connectivity index (χ1v) is 11.2. The number of aryl methyl sites for hydroxylation is 2. The number of benzene rings is 3. The molecule has 1 saturated carbocycles. The van der Waals surface area contributed by atoms with Crippen molar-refractivity contribution in [3.05, 3.63) is 107 Å². The lowest BCUT2D eigenvalue weighted by molar-refractivity contribution is 0.427. The second kappa shape index (κ2) is 8.77. The third-order valence-corrected chi connectivity index (χ3v) is 6.08. The zero-order valence-electron chi connectivity index (χ0n) is 17.9. The van der Waals surface area contributed by atoms with Gasteiger partial charge in [-0.1, -0.05) is 96.2 Å². The molecule has 31 heavy (non-hydrogen) atoms. The van der Waals surface area contributed by atoms with E-state index in [1.807, 2.05) is 6.92 Å². The highest BCUT2D eigenvalue weighted by atomic mass is 16.5. The van der Waals surface area contributed by atoms with Gasteiger partial charge in [-0.2, -0.15) is 0 Å². The summed E-state index contributed by atoms with van der Waals surface area (Å²) in [5.41, 5.74) is 8.35. The maximum atomic E-state index is 5.69. The largest absolute Gasteiger partial charge is 0.355 e. The van der Waals surface area contributed by atoms with Gasteiger partial charge in [0.05, 0.1) is 5.69 Å². The highest BCUT2D eigenvalue weighted by Crippen LogP contribution is 2.40. The molecule has 0 aliphatic heterocycles. The summed E-state index contributed by atoms with van der Waals surface area (Å²) in [6.07, 6.45) is 9.07. The quantitative estimate of drug-likeness (QED) is 0.313. The number of nitrogens with zero attached hydrogens (tertiary/aromatic N) is 1. The Labute approximate surface area is 184 Å². The van der Waals surface area contributed by atoms with Gasteiger partial charge in [-0.25, -0.2) is 0 Å². The summed E-state index contributed by atoms with van der Waals surface area (Å²) >= 11 is 0. The van der Waals surface area contributed by atoms with Crippen molar-refractivity contribution in [1.29, 1.82) is 0 Å². The predicted octanol–water partition coefficient (Wildman–Crippen LogP) is 7.84. The van der Waals surface area contributed by atoms with Crippen LogP contribution in [0.5, 0.6) is 0 Å². The summed E-state index contributed by atoms with van der Waals surface area (Å²) in [4.78, 5) is 0. The van der Waals surface area contributed by atoms with Crippen LogP contribution in [0, 0.1) is 6.92 Å². The summed E-state index contributed by atoms with van der Waals surface area (Å²) in [7, 11) is 0. The second-order valence-electron chi connectivity index (χ2n) is 8.41. The van der Waals surface area contributed by atoms with Crippen molar-refractivity contribution in [1.82, 2.24) is 5.16 Å². The minimum Gasteiger partial charge on any atom is -0.355 e. The van der Waals surface area contributed by atoms with Crippen molar-refractivity contribution < 1.29 is 4.52 Å². The SMILES string of the molecule is Cc1noc(-c2ccc(-c3ccc(C4CC4)cc3)cc2)c1/C=C/CCc1ccccc1. The van der Waals surface area contributed by atoms with Crippen LogP contribution in [0.1, 0.15) is 47.6 Å². The summed E-state index contributed by atoms with van der Waals surface area (Å²) in [6, 6.07) is 28.2. The van der Waals surface area contributed by atoms with Crippen LogP contribution in [0.15, 0.2) is 89.5 Å². The molecule has 0 unspecified atom stereocenters. The van der Waals surface area contributed by atoms with Gasteiger partial charge in [-0.15, -0.1) is 0 Å². The Morgan fingerprint density at radius 3 is 2.16 bits per heavy atom. The topological polar surface area (TPSA) is 26.0 Å². The van der Waals surface area contributed by atoms with E-state index in [-0.39, 0.29) is 0 Å². The molecule has 0 radical (unpaired) electrons. The highest BCUT2D eigenvalue weighted by Gasteiger charge is 2.23. The average Bonchev–Trinajstić information content (AvgIpc) is 3.61. The monoisotopic (exact) mass is 405 g/mol. The zero-order valence-corrected chi connectivity index (χ0v) is 17.9. The third-order valence-electron chi connectivity index (χ3n) is 6.08. The fourth-order valence-electron chi connectivity index (χ4n) is 4.06. The van der Waals surface area contributed by atoms with Gasteiger partial charge in [0.15, 0.2) is 5.76 Å². The lowest BCUT2D eigenvalue weighted by Crippen LogP contribution is -1.84. The molecule has 5 rings (SSSR count). The van der Waals surface area contributed by atoms with Crippen LogP contribution in [0.25, 0.3) is 28.5 Å². The van der Waals surface area contributed by atoms with E-state index in [0.29, 0.717) is 0 Å². The van der Waals surface area contributed by atoms with E-state index in [4.69, 9.17) is 4.52 Å². The van der Waals surface area contributed by atoms with Gasteiger partial charge in [-0.3, -0.25) is 0 Å². The minimum atomic E-state index is 0.797. The molecule has 0 N–H and O–H groups in total. The molecule has 0 bridgehead atoms. The molecule has 1 heterocycles. The Balaban J connectivity index is 1.30. The molecule has 1 aliphatic rings. The van der Waals surface area contributed by atoms with Crippen molar-refractivity contribution in [2.75, 3.05) is 0 Å². The number of allylic oxidation sites excluding steroid dienone is 1. The standard InChI is InChI=1S/C29H27NO/c1-21-28(10-6-5-9-22-7-3-2-4-8-22)29(31-30-21)27-19-17-26(18-20-27)25-15-13-24(14-16-25)23-11-12-23/h2-4,6-8,10,13-20,23H,5,9,11-12H2,1H3/b10-6+. The van der Waals surface area contributed by atoms with E-state index in [1.165, 1.54) is 35.1 Å². The molecule has 2 heteroatoms. The molecule has 1 aliphatic carbocycles. The van der Waals surface area contributed by atoms with Gasteiger partial charge >= 0.3 is 0 Å². The van der Waals surface area contributed by atoms with Crippen molar-refractivity contribution in [3.8, 4) is 22.5 Å². The first kappa shape index (κ1) is 19.6. The highest BCUT2D eigenvalue weighted by molar-refractivity contribution is 5.74. The molecule has 3 aromatic carbocycles. The number of hydrogen-bond acceptors (Lipinski definition) is 2. The number of hydrogen-bond donors (Lipinski definition) is 0. The molecule has 0 spiro atoms. The van der Waals surface area contributed by atoms with Gasteiger partial charge < -0.3 is 4.52 Å². The molecule has 0 amide bonds. The second-order valence-corrected chi connectivity index (χ2v) is 8.41. The molecule has 154 valence electrons. The van der Waals surface area contributed by atoms with Crippen LogP contribution in [-0.2, 0) is 6.42 Å². The first-order chi connectivity index (χ1) is 15.3. The molecule has 4 aromatic rings. The molecule has 2 nitrogen and oxygen atoms in total. The molecule has 1 fully saturated rings. The first-order valence-electron chi connectivity index (χ1n) is 11.2. The van der Waals surface area contributed by atoms with Gasteiger partial charge in [0.1, 0.15) is 0 Å². The van der Waals surface area contributed by atoms with E-state index < -0.39 is 0 Å². The Morgan fingerprint density at radius 2 is 1.48 bits per heavy atom. The van der Waals surface area contributed by atoms with Gasteiger partial charge in [0.25, 0.3) is 0 Å². The number of aromatic nitrogens is 1. The Morgan fingerprint density at radius 1 is 0.839 bits per heavy atom. The third kappa shape index (κ3) is 4.54. The fourth-order valence-corrected chi connectivity index (χ4v) is 4.06. The minimum absolute atomic E-state index is 0.797. The van der Waals surface area contributed by atoms with E-state index in [0.717, 1.165) is 41.3 Å². The maximum absolute atomic E-state index is 5.69. The molecule has 0 saturated heterocycles. The average molecular weight is 406 g/mol. The molecular formula is C29H27NO. The lowest BCUT2D eigenvalue weighted by Gasteiger charge is -2.05. The predicted molar refractivity (Wildman–Crippen MR) is 128 cm³/mol. The van der Waals surface area contributed by atoms with Crippen molar-refractivity contribution in [3.63, 3.8) is 0 Å². The van der Waals surface area contributed by atoms with E-state index >= 15 is 0 Å². The van der Waals surface area contributed by atoms with E-state index in [9.17, 15) is 0 Å². The van der Waals surface area contributed by atoms with Crippen LogP contribution in [0.4, 0.5) is 0 Å². The van der Waals surface area contributed by atoms with Gasteiger partial charge in [0, 0.05) is 11.1 Å². The molecular weight excluding hydrogens is 378 g/mol. The summed E-state index contributed by atoms with van der Waals surface area (Å²) < 4.78 is 5.69. The van der Waals surface area contributed by atoms with Crippen molar-refractivity contribution in [2.45, 2.75) is 38.5 Å². The fraction of sp³-hybridized carbons (Fsp3) is 0.207. The maximum Gasteiger partial charge on any atom is 0.174 e. The molecule has 0 atom stereocenters. The van der Waals surface area contributed by atoms with Crippen molar-refractivity contribution in [2.24, 2.45) is 0 Å². The zero-order chi connectivity index (χ0) is 21.0. The smallest absolute Gasteiger partial charge is 0.174 e. The Kier molecular flexibility index (Phi) is 5.54. The summed E-state index contributed by atoms with van der Waals surface area (Å²) in [5.74, 6) is 1.63. The lowest BCUT2D eigenvalue weighted by atomic mass is 9.99. The van der Waals surface area contributed by atoms with Crippen molar-refractivity contribution >= 4 is 6.08 Å². The molecule has 1 aromatic heterocycles. The van der Waals surface area contributed by atoms with E-state index in [1.54, 1.807) is 0 Å². The van der Waals surface area contributed by atoms with Crippen LogP contribution < -0.4 is 0 Å². The normalized spacial score (nSPS) is 13.7. The Bertz CT molecular complexity index is 1160. The number of rotatable bonds is 7. The van der Waals surface area contributed by atoms with Crippen LogP contribution in [-0.4, -0.2) is 5.16 Å². The summed E-state index contributed by atoms with van der Waals surface area (Å²) in [5, 5.41) is 4.22. The van der Waals surface area contributed by atoms with Gasteiger partial charge in [-0.05, 0) is 60.8 Å². The van der Waals surface area contributed by atoms with E-state index in [2.05, 4.69) is 96.2 Å². The van der Waals surface area contributed by atoms with Gasteiger partial charge in [0.2, 0.25) is 0 Å². The summed E-state index contributed by atoms with van der Waals surface area (Å²) in [6.45, 7) is 2.00. The van der Waals surface area contributed by atoms with Crippen LogP contribution >= 0.6 is 0 Å². The Hall–Kier alpha value is -3.39. The van der Waals surface area contributed by atoms with Crippen LogP contribution in [0.2, 0.25) is 0 Å². The van der Waals surface area contributed by atoms with Crippen LogP contribution in [0.3, 0.4) is 0 Å².